The fraction of sp³-hybridized carbons (Fsp3) is 0.500. The van der Waals surface area contributed by atoms with Crippen LogP contribution in [0.25, 0.3) is 5.69 Å². The SMILES string of the molecule is c1ccc(COc2ccc(-n3nc(C45CC6CC(CC(C6)C4)C5)c4c3NCCCC4)cc2)cc1. The number of aromatic nitrogens is 2. The molecule has 4 nitrogen and oxygen atoms in total. The van der Waals surface area contributed by atoms with Gasteiger partial charge in [-0.25, -0.2) is 4.68 Å². The van der Waals surface area contributed by atoms with Gasteiger partial charge in [0.2, 0.25) is 0 Å². The van der Waals surface area contributed by atoms with Gasteiger partial charge in [0.25, 0.3) is 0 Å². The normalized spacial score (nSPS) is 29.4. The molecule has 4 aliphatic carbocycles. The molecular weight excluding hydrogens is 418 g/mol. The van der Waals surface area contributed by atoms with Crippen LogP contribution in [0.1, 0.15) is 68.2 Å². The highest BCUT2D eigenvalue weighted by Crippen LogP contribution is 2.61. The third-order valence-electron chi connectivity index (χ3n) is 9.00. The minimum atomic E-state index is 0.328. The number of ether oxygens (including phenoxy) is 1. The lowest BCUT2D eigenvalue weighted by molar-refractivity contribution is -0.00773. The number of nitrogens with one attached hydrogen (secondary N) is 1. The zero-order valence-corrected chi connectivity index (χ0v) is 20.0. The van der Waals surface area contributed by atoms with Crippen LogP contribution in [0.2, 0.25) is 0 Å². The standard InChI is InChI=1S/C30H35N3O/c1-2-6-21(7-3-1)20-34-26-11-9-25(10-12-26)33-29-27(8-4-5-13-31-29)28(32-33)30-17-22-14-23(18-30)16-24(15-22)19-30/h1-3,6-7,9-12,22-24,31H,4-5,8,13-20H2. The lowest BCUT2D eigenvalue weighted by atomic mass is 9.48. The molecule has 34 heavy (non-hydrogen) atoms. The van der Waals surface area contributed by atoms with Crippen LogP contribution in [0.5, 0.6) is 5.75 Å². The van der Waals surface area contributed by atoms with Gasteiger partial charge in [-0.15, -0.1) is 0 Å². The number of anilines is 1. The average Bonchev–Trinajstić information content (AvgIpc) is 3.05. The van der Waals surface area contributed by atoms with Crippen LogP contribution >= 0.6 is 0 Å². The van der Waals surface area contributed by atoms with Crippen molar-refractivity contribution in [2.24, 2.45) is 17.8 Å². The maximum atomic E-state index is 6.04. The van der Waals surface area contributed by atoms with E-state index in [4.69, 9.17) is 9.84 Å². The van der Waals surface area contributed by atoms with Crippen molar-refractivity contribution in [3.63, 3.8) is 0 Å². The minimum Gasteiger partial charge on any atom is -0.489 e. The van der Waals surface area contributed by atoms with Gasteiger partial charge in [0.05, 0.1) is 11.4 Å². The Kier molecular flexibility index (Phi) is 4.96. The number of rotatable bonds is 5. The van der Waals surface area contributed by atoms with Crippen molar-refractivity contribution in [2.45, 2.75) is 69.8 Å². The Balaban J connectivity index is 1.21. The van der Waals surface area contributed by atoms with E-state index >= 15 is 0 Å². The van der Waals surface area contributed by atoms with Crippen molar-refractivity contribution < 1.29 is 4.74 Å². The first-order valence-electron chi connectivity index (χ1n) is 13.4. The summed E-state index contributed by atoms with van der Waals surface area (Å²) in [5.74, 6) is 4.96. The van der Waals surface area contributed by atoms with E-state index in [0.717, 1.165) is 42.2 Å². The fourth-order valence-corrected chi connectivity index (χ4v) is 7.94. The first kappa shape index (κ1) is 20.6. The summed E-state index contributed by atoms with van der Waals surface area (Å²) >= 11 is 0. The predicted molar refractivity (Wildman–Crippen MR) is 136 cm³/mol. The van der Waals surface area contributed by atoms with Gasteiger partial charge in [-0.05, 0) is 105 Å². The van der Waals surface area contributed by atoms with E-state index in [2.05, 4.69) is 58.5 Å². The van der Waals surface area contributed by atoms with Gasteiger partial charge in [-0.3, -0.25) is 0 Å². The van der Waals surface area contributed by atoms with Crippen LogP contribution in [0.15, 0.2) is 54.6 Å². The molecule has 0 saturated heterocycles. The molecule has 0 amide bonds. The highest BCUT2D eigenvalue weighted by atomic mass is 16.5. The van der Waals surface area contributed by atoms with Crippen molar-refractivity contribution in [2.75, 3.05) is 11.9 Å². The lowest BCUT2D eigenvalue weighted by Gasteiger charge is -2.56. The van der Waals surface area contributed by atoms with E-state index in [-0.39, 0.29) is 0 Å². The maximum Gasteiger partial charge on any atom is 0.133 e. The molecule has 0 unspecified atom stereocenters. The second-order valence-electron chi connectivity index (χ2n) is 11.4. The summed E-state index contributed by atoms with van der Waals surface area (Å²) in [5.41, 5.74) is 5.61. The van der Waals surface area contributed by atoms with E-state index in [1.807, 2.05) is 6.07 Å². The molecule has 1 N–H and O–H groups in total. The van der Waals surface area contributed by atoms with Gasteiger partial charge in [-0.2, -0.15) is 5.10 Å². The lowest BCUT2D eigenvalue weighted by Crippen LogP contribution is -2.49. The molecule has 4 bridgehead atoms. The maximum absolute atomic E-state index is 6.04. The molecule has 2 aromatic carbocycles. The van der Waals surface area contributed by atoms with Gasteiger partial charge in [0, 0.05) is 17.5 Å². The van der Waals surface area contributed by atoms with Crippen LogP contribution in [0, 0.1) is 17.8 Å². The van der Waals surface area contributed by atoms with Crippen molar-refractivity contribution in [1.29, 1.82) is 0 Å². The molecule has 1 aliphatic heterocycles. The molecule has 4 fully saturated rings. The first-order chi connectivity index (χ1) is 16.8. The third-order valence-corrected chi connectivity index (χ3v) is 9.00. The van der Waals surface area contributed by atoms with E-state index in [1.54, 1.807) is 0 Å². The Hall–Kier alpha value is -2.75. The molecule has 0 radical (unpaired) electrons. The number of benzene rings is 2. The second kappa shape index (κ2) is 8.18. The molecule has 3 aromatic rings. The Labute approximate surface area is 202 Å². The largest absolute Gasteiger partial charge is 0.489 e. The Morgan fingerprint density at radius 2 is 1.59 bits per heavy atom. The van der Waals surface area contributed by atoms with E-state index in [1.165, 1.54) is 74.0 Å². The molecular formula is C30H35N3O. The second-order valence-corrected chi connectivity index (χ2v) is 11.4. The molecule has 0 atom stereocenters. The summed E-state index contributed by atoms with van der Waals surface area (Å²) in [6.07, 6.45) is 12.2. The van der Waals surface area contributed by atoms with Gasteiger partial charge in [0.15, 0.2) is 0 Å². The topological polar surface area (TPSA) is 39.1 Å². The zero-order valence-electron chi connectivity index (χ0n) is 20.0. The van der Waals surface area contributed by atoms with Crippen LogP contribution in [-0.4, -0.2) is 16.3 Å². The number of hydrogen-bond donors (Lipinski definition) is 1. The van der Waals surface area contributed by atoms with E-state index < -0.39 is 0 Å². The number of nitrogens with zero attached hydrogens (tertiary/aromatic N) is 2. The predicted octanol–water partition coefficient (Wildman–Crippen LogP) is 6.67. The smallest absolute Gasteiger partial charge is 0.133 e. The summed E-state index contributed by atoms with van der Waals surface area (Å²) in [7, 11) is 0. The molecule has 0 spiro atoms. The molecule has 4 heteroatoms. The fourth-order valence-electron chi connectivity index (χ4n) is 7.94. The molecule has 5 aliphatic rings. The van der Waals surface area contributed by atoms with Gasteiger partial charge in [0.1, 0.15) is 18.2 Å². The minimum absolute atomic E-state index is 0.328. The Bertz CT molecular complexity index is 1130. The van der Waals surface area contributed by atoms with E-state index in [9.17, 15) is 0 Å². The first-order valence-corrected chi connectivity index (χ1v) is 13.4. The van der Waals surface area contributed by atoms with E-state index in [0.29, 0.717) is 12.0 Å². The summed E-state index contributed by atoms with van der Waals surface area (Å²) in [5, 5.41) is 9.21. The van der Waals surface area contributed by atoms with Crippen molar-refractivity contribution >= 4 is 5.82 Å². The van der Waals surface area contributed by atoms with Gasteiger partial charge < -0.3 is 10.1 Å². The average molecular weight is 454 g/mol. The molecule has 2 heterocycles. The monoisotopic (exact) mass is 453 g/mol. The summed E-state index contributed by atoms with van der Waals surface area (Å²) in [6.45, 7) is 1.63. The molecule has 4 saturated carbocycles. The van der Waals surface area contributed by atoms with Crippen molar-refractivity contribution in [3.8, 4) is 11.4 Å². The Morgan fingerprint density at radius 3 is 2.29 bits per heavy atom. The third kappa shape index (κ3) is 3.54. The van der Waals surface area contributed by atoms with Crippen LogP contribution < -0.4 is 10.1 Å². The highest BCUT2D eigenvalue weighted by molar-refractivity contribution is 5.56. The summed E-state index contributed by atoms with van der Waals surface area (Å²) < 4.78 is 8.26. The van der Waals surface area contributed by atoms with Crippen LogP contribution in [0.3, 0.4) is 0 Å². The molecule has 176 valence electrons. The number of hydrogen-bond acceptors (Lipinski definition) is 3. The quantitative estimate of drug-likeness (QED) is 0.469. The zero-order chi connectivity index (χ0) is 22.5. The molecule has 1 aromatic heterocycles. The van der Waals surface area contributed by atoms with Crippen LogP contribution in [0.4, 0.5) is 5.82 Å². The van der Waals surface area contributed by atoms with Crippen molar-refractivity contribution in [3.05, 3.63) is 71.4 Å². The van der Waals surface area contributed by atoms with Gasteiger partial charge in [-0.1, -0.05) is 30.3 Å². The Morgan fingerprint density at radius 1 is 0.882 bits per heavy atom. The summed E-state index contributed by atoms with van der Waals surface area (Å²) in [4.78, 5) is 0. The summed E-state index contributed by atoms with van der Waals surface area (Å²) in [6, 6.07) is 18.9. The number of fused-ring (bicyclic) bond motifs is 1. The highest BCUT2D eigenvalue weighted by Gasteiger charge is 2.53. The van der Waals surface area contributed by atoms with Gasteiger partial charge >= 0.3 is 0 Å². The van der Waals surface area contributed by atoms with Crippen molar-refractivity contribution in [1.82, 2.24) is 9.78 Å². The van der Waals surface area contributed by atoms with Crippen LogP contribution in [-0.2, 0) is 18.4 Å². The molecule has 8 rings (SSSR count).